The summed E-state index contributed by atoms with van der Waals surface area (Å²) in [6.45, 7) is 2.96. The molecule has 1 rings (SSSR count). The largest absolute Gasteiger partial charge is 0.353 e. The zero-order valence-corrected chi connectivity index (χ0v) is 9.04. The van der Waals surface area contributed by atoms with Crippen molar-refractivity contribution < 1.29 is 9.47 Å². The average molecular weight is 270 g/mol. The van der Waals surface area contributed by atoms with Gasteiger partial charge >= 0.3 is 0 Å². The van der Waals surface area contributed by atoms with Crippen molar-refractivity contribution in [2.24, 2.45) is 0 Å². The molecule has 0 aromatic carbocycles. The molecule has 1 saturated heterocycles. The van der Waals surface area contributed by atoms with Crippen LogP contribution in [-0.2, 0) is 9.47 Å². The van der Waals surface area contributed by atoms with Crippen LogP contribution >= 0.6 is 22.6 Å². The van der Waals surface area contributed by atoms with E-state index in [0.29, 0.717) is 6.10 Å². The van der Waals surface area contributed by atoms with Crippen molar-refractivity contribution in [1.29, 1.82) is 0 Å². The predicted molar refractivity (Wildman–Crippen MR) is 53.0 cm³/mol. The Kier molecular flexibility index (Phi) is 4.71. The zero-order valence-electron chi connectivity index (χ0n) is 6.88. The first-order valence-corrected chi connectivity index (χ1v) is 5.68. The summed E-state index contributed by atoms with van der Waals surface area (Å²) in [6, 6.07) is 0. The van der Waals surface area contributed by atoms with Crippen LogP contribution in [0.4, 0.5) is 0 Å². The maximum Gasteiger partial charge on any atom is 0.157 e. The SMILES string of the molecule is C[C@@H](CI)OC1CCCCO1. The van der Waals surface area contributed by atoms with E-state index in [1.54, 1.807) is 0 Å². The van der Waals surface area contributed by atoms with E-state index in [-0.39, 0.29) is 6.29 Å². The summed E-state index contributed by atoms with van der Waals surface area (Å²) in [7, 11) is 0. The normalized spacial score (nSPS) is 28.4. The van der Waals surface area contributed by atoms with Crippen molar-refractivity contribution >= 4 is 22.6 Å². The van der Waals surface area contributed by atoms with Crippen molar-refractivity contribution in [3.63, 3.8) is 0 Å². The summed E-state index contributed by atoms with van der Waals surface area (Å²) in [4.78, 5) is 0. The molecule has 0 radical (unpaired) electrons. The van der Waals surface area contributed by atoms with Gasteiger partial charge in [0.25, 0.3) is 0 Å². The van der Waals surface area contributed by atoms with Gasteiger partial charge in [-0.05, 0) is 26.2 Å². The highest BCUT2D eigenvalue weighted by molar-refractivity contribution is 14.1. The standard InChI is InChI=1S/C8H15IO2/c1-7(6-9)11-8-4-2-3-5-10-8/h7-8H,2-6H2,1H3/t7-,8?/m0/s1. The van der Waals surface area contributed by atoms with Crippen molar-refractivity contribution in [1.82, 2.24) is 0 Å². The first-order valence-electron chi connectivity index (χ1n) is 4.16. The molecule has 1 heterocycles. The maximum atomic E-state index is 5.61. The first-order chi connectivity index (χ1) is 5.33. The molecule has 0 amide bonds. The molecule has 1 aliphatic rings. The molecule has 1 unspecified atom stereocenters. The van der Waals surface area contributed by atoms with Gasteiger partial charge in [0.15, 0.2) is 6.29 Å². The Morgan fingerprint density at radius 2 is 2.45 bits per heavy atom. The van der Waals surface area contributed by atoms with Crippen molar-refractivity contribution in [2.75, 3.05) is 11.0 Å². The van der Waals surface area contributed by atoms with Crippen LogP contribution in [0, 0.1) is 0 Å². The second kappa shape index (κ2) is 5.32. The lowest BCUT2D eigenvalue weighted by Crippen LogP contribution is -2.27. The van der Waals surface area contributed by atoms with Crippen LogP contribution < -0.4 is 0 Å². The highest BCUT2D eigenvalue weighted by Crippen LogP contribution is 2.15. The number of hydrogen-bond acceptors (Lipinski definition) is 2. The molecular weight excluding hydrogens is 255 g/mol. The Bertz CT molecular complexity index is 102. The average Bonchev–Trinajstić information content (AvgIpc) is 2.06. The van der Waals surface area contributed by atoms with E-state index < -0.39 is 0 Å². The highest BCUT2D eigenvalue weighted by atomic mass is 127. The van der Waals surface area contributed by atoms with Crippen LogP contribution in [-0.4, -0.2) is 23.4 Å². The van der Waals surface area contributed by atoms with Crippen LogP contribution in [0.3, 0.4) is 0 Å². The fourth-order valence-corrected chi connectivity index (χ4v) is 1.32. The van der Waals surface area contributed by atoms with Gasteiger partial charge in [-0.1, -0.05) is 22.6 Å². The highest BCUT2D eigenvalue weighted by Gasteiger charge is 2.16. The van der Waals surface area contributed by atoms with Gasteiger partial charge in [0.1, 0.15) is 0 Å². The smallest absolute Gasteiger partial charge is 0.157 e. The van der Waals surface area contributed by atoms with E-state index in [9.17, 15) is 0 Å². The van der Waals surface area contributed by atoms with Crippen LogP contribution in [0.5, 0.6) is 0 Å². The molecule has 0 aromatic heterocycles. The van der Waals surface area contributed by atoms with Crippen LogP contribution in [0.15, 0.2) is 0 Å². The summed E-state index contributed by atoms with van der Waals surface area (Å²) in [6.07, 6.45) is 3.92. The number of halogens is 1. The first kappa shape index (κ1) is 9.74. The monoisotopic (exact) mass is 270 g/mol. The van der Waals surface area contributed by atoms with Gasteiger partial charge in [0.2, 0.25) is 0 Å². The third-order valence-corrected chi connectivity index (χ3v) is 2.98. The zero-order chi connectivity index (χ0) is 8.10. The quantitative estimate of drug-likeness (QED) is 0.579. The summed E-state index contributed by atoms with van der Waals surface area (Å²) in [5, 5.41) is 0. The second-order valence-electron chi connectivity index (χ2n) is 2.90. The van der Waals surface area contributed by atoms with Gasteiger partial charge < -0.3 is 9.47 Å². The van der Waals surface area contributed by atoms with Gasteiger partial charge in [0, 0.05) is 11.0 Å². The Balaban J connectivity index is 2.13. The van der Waals surface area contributed by atoms with Crippen molar-refractivity contribution in [3.05, 3.63) is 0 Å². The summed E-state index contributed by atoms with van der Waals surface area (Å²) in [5.41, 5.74) is 0. The summed E-state index contributed by atoms with van der Waals surface area (Å²) < 4.78 is 12.1. The molecule has 11 heavy (non-hydrogen) atoms. The third kappa shape index (κ3) is 3.71. The molecule has 0 spiro atoms. The number of ether oxygens (including phenoxy) is 2. The van der Waals surface area contributed by atoms with E-state index in [2.05, 4.69) is 29.5 Å². The lowest BCUT2D eigenvalue weighted by atomic mass is 10.2. The molecule has 0 saturated carbocycles. The van der Waals surface area contributed by atoms with Gasteiger partial charge in [0.05, 0.1) is 6.10 Å². The Morgan fingerprint density at radius 1 is 1.64 bits per heavy atom. The number of rotatable bonds is 3. The molecule has 3 heteroatoms. The van der Waals surface area contributed by atoms with E-state index in [1.807, 2.05) is 0 Å². The number of alkyl halides is 1. The predicted octanol–water partition coefficient (Wildman–Crippen LogP) is 2.35. The third-order valence-electron chi connectivity index (χ3n) is 1.74. The molecule has 2 atom stereocenters. The van der Waals surface area contributed by atoms with Gasteiger partial charge in [-0.2, -0.15) is 0 Å². The topological polar surface area (TPSA) is 18.5 Å². The van der Waals surface area contributed by atoms with E-state index in [1.165, 1.54) is 12.8 Å². The Labute approximate surface area is 81.8 Å². The van der Waals surface area contributed by atoms with Gasteiger partial charge in [-0.15, -0.1) is 0 Å². The summed E-state index contributed by atoms with van der Waals surface area (Å²) in [5.74, 6) is 0. The van der Waals surface area contributed by atoms with Crippen molar-refractivity contribution in [3.8, 4) is 0 Å². The Morgan fingerprint density at radius 3 is 3.00 bits per heavy atom. The fourth-order valence-electron chi connectivity index (χ4n) is 1.11. The van der Waals surface area contributed by atoms with Gasteiger partial charge in [-0.3, -0.25) is 0 Å². The molecule has 0 aromatic rings. The molecular formula is C8H15IO2. The van der Waals surface area contributed by atoms with Crippen LogP contribution in [0.2, 0.25) is 0 Å². The molecule has 2 nitrogen and oxygen atoms in total. The maximum absolute atomic E-state index is 5.61. The van der Waals surface area contributed by atoms with E-state index >= 15 is 0 Å². The molecule has 1 fully saturated rings. The summed E-state index contributed by atoms with van der Waals surface area (Å²) >= 11 is 2.33. The molecule has 0 bridgehead atoms. The minimum absolute atomic E-state index is 0.0773. The Hall–Kier alpha value is 0.650. The fraction of sp³-hybridized carbons (Fsp3) is 1.00. The second-order valence-corrected chi connectivity index (χ2v) is 3.78. The van der Waals surface area contributed by atoms with Crippen molar-refractivity contribution in [2.45, 2.75) is 38.6 Å². The van der Waals surface area contributed by atoms with Gasteiger partial charge in [-0.25, -0.2) is 0 Å². The number of hydrogen-bond donors (Lipinski definition) is 0. The lowest BCUT2D eigenvalue weighted by molar-refractivity contribution is -0.179. The molecule has 66 valence electrons. The minimum atomic E-state index is 0.0773. The van der Waals surface area contributed by atoms with Crippen LogP contribution in [0.25, 0.3) is 0 Å². The minimum Gasteiger partial charge on any atom is -0.353 e. The van der Waals surface area contributed by atoms with E-state index in [0.717, 1.165) is 17.5 Å². The van der Waals surface area contributed by atoms with E-state index in [4.69, 9.17) is 9.47 Å². The molecule has 0 aliphatic carbocycles. The molecule has 0 N–H and O–H groups in total. The van der Waals surface area contributed by atoms with Crippen LogP contribution in [0.1, 0.15) is 26.2 Å². The molecule has 1 aliphatic heterocycles. The lowest BCUT2D eigenvalue weighted by Gasteiger charge is -2.25.